The van der Waals surface area contributed by atoms with E-state index in [9.17, 15) is 4.79 Å². The Labute approximate surface area is 273 Å². The molecule has 4 nitrogen and oxygen atoms in total. The molecule has 0 N–H and O–H groups in total. The molecule has 0 saturated carbocycles. The number of piperidine rings is 1. The smallest absolute Gasteiger partial charge is 0.258 e. The van der Waals surface area contributed by atoms with Gasteiger partial charge in [0.2, 0.25) is 0 Å². The molecule has 4 aromatic carbocycles. The standard InChI is InChI=1S/C37H41Cl2NO3Si/c1-5-31(25-43-44(26(2)3,32-15-8-6-9-16-32)33-17-10-7-11-18-33)40-36(27-19-21-29(38)22-20-27)34(24-35(42-4)37(40)41)28-13-12-14-30(39)23-28/h6-23,26,31,34-36H,5,24-25H2,1-4H3/t31-,34+,35?,36+/m0/s1. The van der Waals surface area contributed by atoms with Crippen LogP contribution in [0, 0.1) is 0 Å². The summed E-state index contributed by atoms with van der Waals surface area (Å²) in [4.78, 5) is 16.4. The van der Waals surface area contributed by atoms with Crippen LogP contribution in [0.2, 0.25) is 15.6 Å². The zero-order valence-electron chi connectivity index (χ0n) is 25.8. The molecular weight excluding hydrogens is 605 g/mol. The predicted octanol–water partition coefficient (Wildman–Crippen LogP) is 8.03. The van der Waals surface area contributed by atoms with Gasteiger partial charge in [0, 0.05) is 23.1 Å². The summed E-state index contributed by atoms with van der Waals surface area (Å²) in [5.41, 5.74) is 2.35. The van der Waals surface area contributed by atoms with Crippen LogP contribution in [-0.2, 0) is 14.0 Å². The molecule has 230 valence electrons. The van der Waals surface area contributed by atoms with Crippen molar-refractivity contribution in [3.63, 3.8) is 0 Å². The lowest BCUT2D eigenvalue weighted by Crippen LogP contribution is -2.64. The summed E-state index contributed by atoms with van der Waals surface area (Å²) in [5.74, 6) is -0.0562. The number of ether oxygens (including phenoxy) is 1. The van der Waals surface area contributed by atoms with Crippen molar-refractivity contribution in [2.45, 2.75) is 63.3 Å². The Bertz CT molecular complexity index is 1480. The average Bonchev–Trinajstić information content (AvgIpc) is 3.04. The number of carbonyl (C=O) groups excluding carboxylic acids is 1. The topological polar surface area (TPSA) is 38.8 Å². The maximum Gasteiger partial charge on any atom is 0.258 e. The Balaban J connectivity index is 1.60. The Morgan fingerprint density at radius 3 is 1.95 bits per heavy atom. The second-order valence-electron chi connectivity index (χ2n) is 11.9. The van der Waals surface area contributed by atoms with Gasteiger partial charge in [0.1, 0.15) is 6.10 Å². The summed E-state index contributed by atoms with van der Waals surface area (Å²) in [6.45, 7) is 7.05. The minimum Gasteiger partial charge on any atom is -0.406 e. The van der Waals surface area contributed by atoms with Crippen molar-refractivity contribution in [2.75, 3.05) is 13.7 Å². The molecule has 0 spiro atoms. The molecule has 5 rings (SSSR count). The summed E-state index contributed by atoms with van der Waals surface area (Å²) in [7, 11) is -1.09. The zero-order valence-corrected chi connectivity index (χ0v) is 28.3. The van der Waals surface area contributed by atoms with Crippen LogP contribution in [0.25, 0.3) is 0 Å². The Morgan fingerprint density at radius 2 is 1.43 bits per heavy atom. The number of nitrogens with zero attached hydrogens (tertiary/aromatic N) is 1. The fourth-order valence-electron chi connectivity index (χ4n) is 6.83. The van der Waals surface area contributed by atoms with Crippen LogP contribution in [0.4, 0.5) is 0 Å². The number of carbonyl (C=O) groups is 1. The third-order valence-electron chi connectivity index (χ3n) is 9.04. The molecule has 0 radical (unpaired) electrons. The molecule has 1 saturated heterocycles. The Hall–Kier alpha value is -2.93. The van der Waals surface area contributed by atoms with Gasteiger partial charge in [0.15, 0.2) is 0 Å². The van der Waals surface area contributed by atoms with E-state index in [0.717, 1.165) is 17.5 Å². The minimum absolute atomic E-state index is 0.0163. The van der Waals surface area contributed by atoms with Crippen LogP contribution in [-0.4, -0.2) is 45.0 Å². The van der Waals surface area contributed by atoms with E-state index in [4.69, 9.17) is 32.4 Å². The van der Waals surface area contributed by atoms with Gasteiger partial charge in [-0.05, 0) is 64.1 Å². The lowest BCUT2D eigenvalue weighted by molar-refractivity contribution is -0.156. The first-order chi connectivity index (χ1) is 21.3. The molecule has 1 heterocycles. The number of benzene rings is 4. The van der Waals surface area contributed by atoms with Crippen molar-refractivity contribution in [1.29, 1.82) is 0 Å². The number of rotatable bonds is 11. The maximum absolute atomic E-state index is 14.4. The normalized spacial score (nSPS) is 19.8. The summed E-state index contributed by atoms with van der Waals surface area (Å²) >= 11 is 12.8. The van der Waals surface area contributed by atoms with Crippen LogP contribution in [0.3, 0.4) is 0 Å². The van der Waals surface area contributed by atoms with E-state index >= 15 is 0 Å². The maximum atomic E-state index is 14.4. The van der Waals surface area contributed by atoms with E-state index in [1.807, 2.05) is 59.5 Å². The lowest BCUT2D eigenvalue weighted by atomic mass is 9.78. The molecule has 4 aromatic rings. The fourth-order valence-corrected chi connectivity index (χ4v) is 11.3. The number of halogens is 2. The van der Waals surface area contributed by atoms with E-state index in [1.165, 1.54) is 10.4 Å². The number of likely N-dealkylation sites (tertiary alicyclic amines) is 1. The van der Waals surface area contributed by atoms with Gasteiger partial charge in [0.25, 0.3) is 14.2 Å². The molecule has 0 aliphatic carbocycles. The third-order valence-corrected chi connectivity index (χ3v) is 14.2. The number of methoxy groups -OCH3 is 1. The van der Waals surface area contributed by atoms with Crippen molar-refractivity contribution in [3.05, 3.63) is 130 Å². The molecule has 4 atom stereocenters. The molecule has 1 fully saturated rings. The molecule has 1 unspecified atom stereocenters. The van der Waals surface area contributed by atoms with Gasteiger partial charge < -0.3 is 14.1 Å². The molecule has 0 bridgehead atoms. The summed E-state index contributed by atoms with van der Waals surface area (Å²) in [6.07, 6.45) is 0.697. The molecule has 7 heteroatoms. The Morgan fingerprint density at radius 1 is 0.818 bits per heavy atom. The monoisotopic (exact) mass is 645 g/mol. The van der Waals surface area contributed by atoms with Crippen LogP contribution >= 0.6 is 23.2 Å². The van der Waals surface area contributed by atoms with E-state index < -0.39 is 14.4 Å². The highest BCUT2D eigenvalue weighted by Gasteiger charge is 2.48. The van der Waals surface area contributed by atoms with Crippen molar-refractivity contribution in [2.24, 2.45) is 0 Å². The minimum atomic E-state index is -2.72. The van der Waals surface area contributed by atoms with Crippen LogP contribution in [0.15, 0.2) is 109 Å². The summed E-state index contributed by atoms with van der Waals surface area (Å²) in [5, 5.41) is 3.78. The zero-order chi connectivity index (χ0) is 31.3. The SMILES string of the molecule is CC[C@@H](CO[Si](c1ccccc1)(c1ccccc1)C(C)C)N1C(=O)C(OC)C[C@H](c2cccc(Cl)c2)[C@H]1c1ccc(Cl)cc1. The summed E-state index contributed by atoms with van der Waals surface area (Å²) in [6, 6.07) is 36.6. The van der Waals surface area contributed by atoms with E-state index in [0.29, 0.717) is 23.1 Å². The van der Waals surface area contributed by atoms with Gasteiger partial charge >= 0.3 is 0 Å². The lowest BCUT2D eigenvalue weighted by Gasteiger charge is -2.48. The molecule has 1 aliphatic rings. The largest absolute Gasteiger partial charge is 0.406 e. The molecule has 44 heavy (non-hydrogen) atoms. The van der Waals surface area contributed by atoms with Crippen molar-refractivity contribution in [1.82, 2.24) is 4.90 Å². The van der Waals surface area contributed by atoms with Gasteiger partial charge in [-0.25, -0.2) is 0 Å². The van der Waals surface area contributed by atoms with E-state index in [-0.39, 0.29) is 29.4 Å². The molecule has 1 aliphatic heterocycles. The van der Waals surface area contributed by atoms with E-state index in [2.05, 4.69) is 75.4 Å². The summed E-state index contributed by atoms with van der Waals surface area (Å²) < 4.78 is 13.2. The van der Waals surface area contributed by atoms with Gasteiger partial charge in [0.05, 0.1) is 18.7 Å². The quantitative estimate of drug-likeness (QED) is 0.155. The third kappa shape index (κ3) is 6.54. The second-order valence-corrected chi connectivity index (χ2v) is 16.8. The first kappa shape index (κ1) is 32.5. The van der Waals surface area contributed by atoms with Gasteiger partial charge in [-0.3, -0.25) is 4.79 Å². The van der Waals surface area contributed by atoms with Crippen LogP contribution in [0.5, 0.6) is 0 Å². The van der Waals surface area contributed by atoms with Crippen LogP contribution in [0.1, 0.15) is 56.7 Å². The predicted molar refractivity (Wildman–Crippen MR) is 184 cm³/mol. The van der Waals surface area contributed by atoms with Crippen molar-refractivity contribution < 1.29 is 14.0 Å². The fraction of sp³-hybridized carbons (Fsp3) is 0.324. The van der Waals surface area contributed by atoms with Crippen LogP contribution < -0.4 is 10.4 Å². The van der Waals surface area contributed by atoms with E-state index in [1.54, 1.807) is 7.11 Å². The highest BCUT2D eigenvalue weighted by molar-refractivity contribution is 6.98. The molecule has 1 amide bonds. The highest BCUT2D eigenvalue weighted by Crippen LogP contribution is 2.46. The number of amides is 1. The van der Waals surface area contributed by atoms with Crippen molar-refractivity contribution >= 4 is 47.8 Å². The van der Waals surface area contributed by atoms with Gasteiger partial charge in [-0.15, -0.1) is 0 Å². The number of hydrogen-bond donors (Lipinski definition) is 0. The number of hydrogen-bond acceptors (Lipinski definition) is 3. The van der Waals surface area contributed by atoms with Crippen molar-refractivity contribution in [3.8, 4) is 0 Å². The van der Waals surface area contributed by atoms with Gasteiger partial charge in [-0.2, -0.15) is 0 Å². The Kier molecular flexibility index (Phi) is 10.7. The second kappa shape index (κ2) is 14.4. The average molecular weight is 647 g/mol. The first-order valence-electron chi connectivity index (χ1n) is 15.4. The highest BCUT2D eigenvalue weighted by atomic mass is 35.5. The van der Waals surface area contributed by atoms with Gasteiger partial charge in [-0.1, -0.05) is 129 Å². The molecule has 0 aromatic heterocycles. The molecular formula is C37H41Cl2NO3Si. The first-order valence-corrected chi connectivity index (χ1v) is 18.1.